The second-order valence-electron chi connectivity index (χ2n) is 10.6. The second kappa shape index (κ2) is 9.95. The Kier molecular flexibility index (Phi) is 7.44. The lowest BCUT2D eigenvalue weighted by Gasteiger charge is -2.48. The third-order valence-corrected chi connectivity index (χ3v) is 8.86. The fraction of sp³-hybridized carbons (Fsp3) is 0.571. The minimum absolute atomic E-state index is 0.299. The van der Waals surface area contributed by atoms with Gasteiger partial charge in [0.05, 0.1) is 16.8 Å². The summed E-state index contributed by atoms with van der Waals surface area (Å²) in [5, 5.41) is 1.43. The molecule has 4 heteroatoms. The Hall–Kier alpha value is -1.22. The SMILES string of the molecule is CCC(C)(C)C1CCC(N2CCN(c3ccc(Cl)cc3Cl)C(c3ccc(C)cc3)C2)CC1. The number of nitrogens with zero attached hydrogens (tertiary/aromatic N) is 2. The molecule has 0 aromatic heterocycles. The summed E-state index contributed by atoms with van der Waals surface area (Å²) in [7, 11) is 0. The molecule has 1 atom stereocenters. The molecule has 1 saturated carbocycles. The molecule has 1 saturated heterocycles. The molecule has 1 unspecified atom stereocenters. The summed E-state index contributed by atoms with van der Waals surface area (Å²) in [6.45, 7) is 12.5. The van der Waals surface area contributed by atoms with Gasteiger partial charge < -0.3 is 4.90 Å². The number of aryl methyl sites for hydroxylation is 1. The molecule has 0 N–H and O–H groups in total. The van der Waals surface area contributed by atoms with Crippen LogP contribution in [0.5, 0.6) is 0 Å². The van der Waals surface area contributed by atoms with Crippen LogP contribution in [-0.2, 0) is 0 Å². The number of hydrogen-bond donors (Lipinski definition) is 0. The average molecular weight is 474 g/mol. The fourth-order valence-electron chi connectivity index (χ4n) is 5.72. The minimum Gasteiger partial charge on any atom is -0.361 e. The maximum absolute atomic E-state index is 6.66. The van der Waals surface area contributed by atoms with E-state index in [2.05, 4.69) is 67.8 Å². The van der Waals surface area contributed by atoms with E-state index in [1.165, 1.54) is 43.2 Å². The normalized spacial score (nSPS) is 25.2. The van der Waals surface area contributed by atoms with Crippen LogP contribution in [0.1, 0.15) is 70.0 Å². The second-order valence-corrected chi connectivity index (χ2v) is 11.4. The topological polar surface area (TPSA) is 6.48 Å². The maximum atomic E-state index is 6.66. The summed E-state index contributed by atoms with van der Waals surface area (Å²) >= 11 is 12.9. The van der Waals surface area contributed by atoms with Gasteiger partial charge in [-0.3, -0.25) is 4.90 Å². The lowest BCUT2D eigenvalue weighted by Crippen LogP contribution is -2.53. The van der Waals surface area contributed by atoms with Crippen LogP contribution in [0, 0.1) is 18.3 Å². The first-order valence-corrected chi connectivity index (χ1v) is 13.1. The molecule has 32 heavy (non-hydrogen) atoms. The molecular weight excluding hydrogens is 435 g/mol. The number of halogens is 2. The lowest BCUT2D eigenvalue weighted by atomic mass is 9.68. The Bertz CT molecular complexity index is 900. The van der Waals surface area contributed by atoms with E-state index in [0.29, 0.717) is 22.5 Å². The summed E-state index contributed by atoms with van der Waals surface area (Å²) in [5.74, 6) is 0.866. The van der Waals surface area contributed by atoms with Crippen LogP contribution in [0.15, 0.2) is 42.5 Å². The monoisotopic (exact) mass is 472 g/mol. The van der Waals surface area contributed by atoms with Crippen molar-refractivity contribution in [1.29, 1.82) is 0 Å². The molecule has 0 spiro atoms. The fourth-order valence-corrected chi connectivity index (χ4v) is 6.24. The largest absolute Gasteiger partial charge is 0.361 e. The average Bonchev–Trinajstić information content (AvgIpc) is 2.79. The predicted molar refractivity (Wildman–Crippen MR) is 139 cm³/mol. The highest BCUT2D eigenvalue weighted by molar-refractivity contribution is 6.36. The summed E-state index contributed by atoms with van der Waals surface area (Å²) in [6, 6.07) is 16.0. The number of benzene rings is 2. The Morgan fingerprint density at radius 2 is 1.62 bits per heavy atom. The van der Waals surface area contributed by atoms with Gasteiger partial charge in [0.1, 0.15) is 0 Å². The van der Waals surface area contributed by atoms with Gasteiger partial charge in [0.2, 0.25) is 0 Å². The molecule has 2 aromatic rings. The van der Waals surface area contributed by atoms with Gasteiger partial charge in [-0.15, -0.1) is 0 Å². The van der Waals surface area contributed by atoms with Gasteiger partial charge in [-0.1, -0.05) is 80.2 Å². The molecule has 2 aliphatic rings. The molecular formula is C28H38Cl2N2. The van der Waals surface area contributed by atoms with Gasteiger partial charge in [-0.25, -0.2) is 0 Å². The minimum atomic E-state index is 0.299. The van der Waals surface area contributed by atoms with E-state index in [0.717, 1.165) is 36.3 Å². The number of anilines is 1. The summed E-state index contributed by atoms with van der Waals surface area (Å²) < 4.78 is 0. The molecule has 1 aliphatic heterocycles. The highest BCUT2D eigenvalue weighted by atomic mass is 35.5. The summed E-state index contributed by atoms with van der Waals surface area (Å²) in [6.07, 6.45) is 6.67. The number of rotatable bonds is 5. The summed E-state index contributed by atoms with van der Waals surface area (Å²) in [4.78, 5) is 5.26. The highest BCUT2D eigenvalue weighted by Gasteiger charge is 2.37. The van der Waals surface area contributed by atoms with Crippen molar-refractivity contribution in [3.63, 3.8) is 0 Å². The van der Waals surface area contributed by atoms with Gasteiger partial charge >= 0.3 is 0 Å². The standard InChI is InChI=1S/C28H38Cl2N2/c1-5-28(3,4)22-10-13-24(14-11-22)31-16-17-32(26-15-12-23(29)18-25(26)30)27(19-31)21-8-6-20(2)7-9-21/h6-9,12,15,18,22,24,27H,5,10-11,13-14,16-17,19H2,1-4H3. The van der Waals surface area contributed by atoms with E-state index < -0.39 is 0 Å². The first-order chi connectivity index (χ1) is 15.3. The molecule has 2 fully saturated rings. The van der Waals surface area contributed by atoms with Gasteiger partial charge in [-0.05, 0) is 67.7 Å². The van der Waals surface area contributed by atoms with Crippen LogP contribution >= 0.6 is 23.2 Å². The van der Waals surface area contributed by atoms with Crippen LogP contribution in [0.25, 0.3) is 0 Å². The van der Waals surface area contributed by atoms with Crippen LogP contribution in [0.4, 0.5) is 5.69 Å². The lowest BCUT2D eigenvalue weighted by molar-refractivity contribution is 0.0738. The molecule has 0 bridgehead atoms. The molecule has 4 rings (SSSR count). The maximum Gasteiger partial charge on any atom is 0.0670 e. The van der Waals surface area contributed by atoms with Gasteiger partial charge in [-0.2, -0.15) is 0 Å². The Labute approximate surface area is 204 Å². The number of piperazine rings is 1. The smallest absolute Gasteiger partial charge is 0.0670 e. The van der Waals surface area contributed by atoms with E-state index in [1.807, 2.05) is 12.1 Å². The zero-order chi connectivity index (χ0) is 22.9. The molecule has 1 aliphatic carbocycles. The molecule has 174 valence electrons. The quantitative estimate of drug-likeness (QED) is 0.432. The predicted octanol–water partition coefficient (Wildman–Crippen LogP) is 8.16. The van der Waals surface area contributed by atoms with Crippen molar-refractivity contribution in [2.45, 2.75) is 71.9 Å². The molecule has 2 aromatic carbocycles. The molecule has 0 radical (unpaired) electrons. The molecule has 2 nitrogen and oxygen atoms in total. The molecule has 0 amide bonds. The van der Waals surface area contributed by atoms with Crippen molar-refractivity contribution < 1.29 is 0 Å². The van der Waals surface area contributed by atoms with Crippen molar-refractivity contribution in [1.82, 2.24) is 4.90 Å². The van der Waals surface area contributed by atoms with Gasteiger partial charge in [0.25, 0.3) is 0 Å². The van der Waals surface area contributed by atoms with Crippen molar-refractivity contribution in [3.05, 3.63) is 63.6 Å². The van der Waals surface area contributed by atoms with E-state index >= 15 is 0 Å². The van der Waals surface area contributed by atoms with E-state index in [4.69, 9.17) is 23.2 Å². The van der Waals surface area contributed by atoms with Gasteiger partial charge in [0, 0.05) is 30.7 Å². The Morgan fingerprint density at radius 3 is 2.25 bits per heavy atom. The van der Waals surface area contributed by atoms with Crippen molar-refractivity contribution >= 4 is 28.9 Å². The Morgan fingerprint density at radius 1 is 0.938 bits per heavy atom. The van der Waals surface area contributed by atoms with Crippen molar-refractivity contribution in [2.75, 3.05) is 24.5 Å². The highest BCUT2D eigenvalue weighted by Crippen LogP contribution is 2.43. The van der Waals surface area contributed by atoms with Crippen LogP contribution in [0.2, 0.25) is 10.0 Å². The first-order valence-electron chi connectivity index (χ1n) is 12.3. The zero-order valence-corrected chi connectivity index (χ0v) is 21.6. The zero-order valence-electron chi connectivity index (χ0n) is 20.1. The van der Waals surface area contributed by atoms with Crippen molar-refractivity contribution in [2.24, 2.45) is 11.3 Å². The van der Waals surface area contributed by atoms with Gasteiger partial charge in [0.15, 0.2) is 0 Å². The third kappa shape index (κ3) is 5.13. The van der Waals surface area contributed by atoms with Crippen LogP contribution < -0.4 is 4.90 Å². The van der Waals surface area contributed by atoms with E-state index in [-0.39, 0.29) is 0 Å². The van der Waals surface area contributed by atoms with Crippen molar-refractivity contribution in [3.8, 4) is 0 Å². The third-order valence-electron chi connectivity index (χ3n) is 8.32. The van der Waals surface area contributed by atoms with E-state index in [9.17, 15) is 0 Å². The Balaban J connectivity index is 1.54. The molecule has 1 heterocycles. The van der Waals surface area contributed by atoms with E-state index in [1.54, 1.807) is 0 Å². The van der Waals surface area contributed by atoms with Crippen LogP contribution in [-0.4, -0.2) is 30.6 Å². The number of hydrogen-bond acceptors (Lipinski definition) is 2. The summed E-state index contributed by atoms with van der Waals surface area (Å²) in [5.41, 5.74) is 4.23. The van der Waals surface area contributed by atoms with Crippen LogP contribution in [0.3, 0.4) is 0 Å². The first kappa shape index (κ1) is 23.9.